The molecule has 0 radical (unpaired) electrons. The molecule has 2 aromatic carbocycles. The van der Waals surface area contributed by atoms with Gasteiger partial charge in [0.15, 0.2) is 0 Å². The van der Waals surface area contributed by atoms with E-state index in [1.165, 1.54) is 0 Å². The molecule has 1 amide bonds. The number of carbonyl (C=O) groups excluding carboxylic acids is 2. The zero-order valence-electron chi connectivity index (χ0n) is 15.6. The first-order valence-electron chi connectivity index (χ1n) is 9.01. The third kappa shape index (κ3) is 5.03. The van der Waals surface area contributed by atoms with Crippen molar-refractivity contribution in [2.45, 2.75) is 11.8 Å². The number of benzene rings is 2. The van der Waals surface area contributed by atoms with E-state index in [2.05, 4.69) is 5.32 Å². The van der Waals surface area contributed by atoms with Gasteiger partial charge in [-0.3, -0.25) is 4.79 Å². The first kappa shape index (κ1) is 20.2. The molecule has 0 bridgehead atoms. The van der Waals surface area contributed by atoms with Crippen LogP contribution in [0.15, 0.2) is 53.4 Å². The van der Waals surface area contributed by atoms with E-state index in [1.54, 1.807) is 55.5 Å². The molecule has 8 heteroatoms. The van der Waals surface area contributed by atoms with Gasteiger partial charge in [-0.25, -0.2) is 13.3 Å². The second kappa shape index (κ2) is 9.59. The fourth-order valence-electron chi connectivity index (χ4n) is 2.71. The summed E-state index contributed by atoms with van der Waals surface area (Å²) < 4.78 is 24.7. The van der Waals surface area contributed by atoms with E-state index >= 15 is 0 Å². The Morgan fingerprint density at radius 1 is 1.11 bits per heavy atom. The molecule has 1 N–H and O–H groups in total. The maximum Gasteiger partial charge on any atom is 0.338 e. The van der Waals surface area contributed by atoms with Crippen LogP contribution in [0.4, 0.5) is 5.69 Å². The monoisotopic (exact) mass is 402 g/mol. The van der Waals surface area contributed by atoms with Crippen molar-refractivity contribution in [1.82, 2.24) is 4.31 Å². The number of hydrogen-bond donors (Lipinski definition) is 1. The third-order valence-electron chi connectivity index (χ3n) is 4.16. The van der Waals surface area contributed by atoms with Crippen molar-refractivity contribution in [2.75, 3.05) is 38.2 Å². The number of amides is 1. The highest BCUT2D eigenvalue weighted by atomic mass is 32.2. The van der Waals surface area contributed by atoms with E-state index in [-0.39, 0.29) is 5.91 Å². The van der Waals surface area contributed by atoms with E-state index in [4.69, 9.17) is 9.47 Å². The number of esters is 1. The van der Waals surface area contributed by atoms with Crippen molar-refractivity contribution in [3.8, 4) is 0 Å². The second-order valence-electron chi connectivity index (χ2n) is 6.07. The number of nitrogens with one attached hydrogen (secondary N) is 1. The Morgan fingerprint density at radius 3 is 2.50 bits per heavy atom. The number of carbonyl (C=O) groups is 2. The first-order chi connectivity index (χ1) is 13.6. The highest BCUT2D eigenvalue weighted by Crippen LogP contribution is 2.17. The van der Waals surface area contributed by atoms with Crippen molar-refractivity contribution in [1.29, 1.82) is 0 Å². The van der Waals surface area contributed by atoms with Crippen LogP contribution in [0, 0.1) is 0 Å². The summed E-state index contributed by atoms with van der Waals surface area (Å²) in [6, 6.07) is 13.2. The van der Waals surface area contributed by atoms with E-state index in [0.717, 1.165) is 0 Å². The molecule has 7 nitrogen and oxygen atoms in total. The second-order valence-corrected chi connectivity index (χ2v) is 7.56. The van der Waals surface area contributed by atoms with E-state index in [0.29, 0.717) is 54.6 Å². The number of ether oxygens (including phenoxy) is 2. The van der Waals surface area contributed by atoms with E-state index in [1.807, 2.05) is 4.31 Å². The zero-order chi connectivity index (χ0) is 19.9. The molecule has 0 aromatic heterocycles. The molecule has 1 aliphatic rings. The van der Waals surface area contributed by atoms with Crippen LogP contribution in [0.1, 0.15) is 27.6 Å². The summed E-state index contributed by atoms with van der Waals surface area (Å²) in [5.74, 6) is -0.719. The summed E-state index contributed by atoms with van der Waals surface area (Å²) in [4.78, 5) is 24.8. The van der Waals surface area contributed by atoms with Crippen LogP contribution >= 0.6 is 0 Å². The molecule has 3 rings (SSSR count). The fraction of sp³-hybridized carbons (Fsp3) is 0.300. The summed E-state index contributed by atoms with van der Waals surface area (Å²) in [6.45, 7) is 4.33. The van der Waals surface area contributed by atoms with Gasteiger partial charge in [0.25, 0.3) is 5.91 Å². The maximum absolute atomic E-state index is 12.7. The average molecular weight is 402 g/mol. The zero-order valence-corrected chi connectivity index (χ0v) is 16.4. The number of anilines is 1. The van der Waals surface area contributed by atoms with Gasteiger partial charge in [-0.1, -0.05) is 6.07 Å². The van der Waals surface area contributed by atoms with Crippen LogP contribution in [-0.4, -0.2) is 53.3 Å². The third-order valence-corrected chi connectivity index (χ3v) is 5.65. The van der Waals surface area contributed by atoms with Gasteiger partial charge in [0.1, 0.15) is 11.0 Å². The van der Waals surface area contributed by atoms with Crippen LogP contribution in [0.2, 0.25) is 0 Å². The van der Waals surface area contributed by atoms with Crippen molar-refractivity contribution < 1.29 is 23.3 Å². The summed E-state index contributed by atoms with van der Waals surface area (Å²) in [6.07, 6.45) is 0. The highest BCUT2D eigenvalue weighted by Gasteiger charge is 2.19. The molecule has 1 unspecified atom stereocenters. The van der Waals surface area contributed by atoms with Gasteiger partial charge >= 0.3 is 5.97 Å². The van der Waals surface area contributed by atoms with Crippen LogP contribution in [0.3, 0.4) is 0 Å². The van der Waals surface area contributed by atoms with Gasteiger partial charge in [-0.15, -0.1) is 0 Å². The lowest BCUT2D eigenvalue weighted by atomic mass is 10.2. The molecule has 148 valence electrons. The van der Waals surface area contributed by atoms with E-state index < -0.39 is 17.0 Å². The van der Waals surface area contributed by atoms with Crippen molar-refractivity contribution in [2.24, 2.45) is 0 Å². The minimum Gasteiger partial charge on any atom is -0.462 e. The lowest BCUT2D eigenvalue weighted by molar-refractivity contribution is 0.0526. The molecular formula is C20H22N2O5S. The molecule has 2 aromatic rings. The van der Waals surface area contributed by atoms with Crippen LogP contribution in [0.5, 0.6) is 0 Å². The molecule has 0 saturated carbocycles. The van der Waals surface area contributed by atoms with E-state index in [9.17, 15) is 13.8 Å². The molecular weight excluding hydrogens is 380 g/mol. The minimum atomic E-state index is -1.33. The van der Waals surface area contributed by atoms with Crippen LogP contribution < -0.4 is 5.32 Å². The molecule has 1 atom stereocenters. The predicted molar refractivity (Wildman–Crippen MR) is 106 cm³/mol. The molecule has 1 heterocycles. The normalized spacial score (nSPS) is 15.6. The molecule has 1 fully saturated rings. The van der Waals surface area contributed by atoms with Gasteiger partial charge in [-0.2, -0.15) is 0 Å². The Kier molecular flexibility index (Phi) is 6.91. The number of morpholine rings is 1. The number of hydrogen-bond acceptors (Lipinski definition) is 5. The Bertz CT molecular complexity index is 863. The number of nitrogens with zero attached hydrogens (tertiary/aromatic N) is 1. The molecule has 0 spiro atoms. The quantitative estimate of drug-likeness (QED) is 0.751. The lowest BCUT2D eigenvalue weighted by Crippen LogP contribution is -2.37. The average Bonchev–Trinajstić information content (AvgIpc) is 2.74. The topological polar surface area (TPSA) is 84.9 Å². The fourth-order valence-corrected chi connectivity index (χ4v) is 3.92. The standard InChI is InChI=1S/C20H22N2O5S/c1-2-27-20(24)15-6-8-17(9-7-15)21-19(23)16-4-3-5-18(14-16)28(25)22-10-12-26-13-11-22/h3-9,14H,2,10-13H2,1H3,(H,21,23). The van der Waals surface area contributed by atoms with Crippen molar-refractivity contribution >= 4 is 28.5 Å². The van der Waals surface area contributed by atoms with Crippen molar-refractivity contribution in [3.05, 3.63) is 59.7 Å². The Morgan fingerprint density at radius 2 is 1.82 bits per heavy atom. The molecule has 0 aliphatic carbocycles. The van der Waals surface area contributed by atoms with Crippen molar-refractivity contribution in [3.63, 3.8) is 0 Å². The Hall–Kier alpha value is -2.55. The SMILES string of the molecule is CCOC(=O)c1ccc(NC(=O)c2cccc(S(=O)N3CCOCC3)c2)cc1. The van der Waals surface area contributed by atoms with Gasteiger partial charge in [0.2, 0.25) is 0 Å². The largest absolute Gasteiger partial charge is 0.462 e. The van der Waals surface area contributed by atoms with Gasteiger partial charge in [0.05, 0.1) is 30.3 Å². The Balaban J connectivity index is 1.67. The van der Waals surface area contributed by atoms with Gasteiger partial charge < -0.3 is 14.8 Å². The first-order valence-corrected chi connectivity index (χ1v) is 10.1. The smallest absolute Gasteiger partial charge is 0.338 e. The molecule has 28 heavy (non-hydrogen) atoms. The summed E-state index contributed by atoms with van der Waals surface area (Å²) in [7, 11) is -1.33. The number of rotatable bonds is 6. The highest BCUT2D eigenvalue weighted by molar-refractivity contribution is 7.82. The summed E-state index contributed by atoms with van der Waals surface area (Å²) in [5.41, 5.74) is 1.38. The molecule has 1 saturated heterocycles. The maximum atomic E-state index is 12.7. The Labute approximate surface area is 166 Å². The van der Waals surface area contributed by atoms with Gasteiger partial charge in [-0.05, 0) is 49.4 Å². The minimum absolute atomic E-state index is 0.305. The summed E-state index contributed by atoms with van der Waals surface area (Å²) >= 11 is 0. The van der Waals surface area contributed by atoms with Crippen LogP contribution in [0.25, 0.3) is 0 Å². The predicted octanol–water partition coefficient (Wildman–Crippen LogP) is 2.47. The molecule has 1 aliphatic heterocycles. The lowest BCUT2D eigenvalue weighted by Gasteiger charge is -2.25. The van der Waals surface area contributed by atoms with Gasteiger partial charge in [0, 0.05) is 24.3 Å². The summed E-state index contributed by atoms with van der Waals surface area (Å²) in [5, 5.41) is 2.78. The van der Waals surface area contributed by atoms with Crippen LogP contribution in [-0.2, 0) is 20.5 Å².